The van der Waals surface area contributed by atoms with Gasteiger partial charge in [0.2, 0.25) is 0 Å². The molecule has 4 nitrogen and oxygen atoms in total. The van der Waals surface area contributed by atoms with Crippen LogP contribution in [0.2, 0.25) is 10.0 Å². The zero-order chi connectivity index (χ0) is 13.5. The van der Waals surface area contributed by atoms with E-state index in [9.17, 15) is 8.42 Å². The molecule has 18 heavy (non-hydrogen) atoms. The Bertz CT molecular complexity index is 627. The molecule has 1 aliphatic heterocycles. The van der Waals surface area contributed by atoms with Gasteiger partial charge >= 0.3 is 0 Å². The molecular formula is C10H10Cl2N2O2S2. The van der Waals surface area contributed by atoms with Gasteiger partial charge in [-0.05, 0) is 12.1 Å². The number of nitrogens with one attached hydrogen (secondary N) is 1. The van der Waals surface area contributed by atoms with Crippen molar-refractivity contribution in [1.82, 2.24) is 0 Å². The molecule has 0 spiro atoms. The lowest BCUT2D eigenvalue weighted by atomic mass is 10.3. The highest BCUT2D eigenvalue weighted by atomic mass is 35.5. The number of nitrogens with zero attached hydrogens (tertiary/aromatic N) is 1. The lowest BCUT2D eigenvalue weighted by Crippen LogP contribution is -2.20. The van der Waals surface area contributed by atoms with Gasteiger partial charge in [-0.3, -0.25) is 0 Å². The molecule has 0 aliphatic carbocycles. The number of thioether (sulfide) groups is 1. The molecule has 0 fully saturated rings. The number of hydrogen-bond donors (Lipinski definition) is 1. The molecule has 1 aromatic carbocycles. The summed E-state index contributed by atoms with van der Waals surface area (Å²) in [4.78, 5) is 0.0463. The average molecular weight is 325 g/mol. The Morgan fingerprint density at radius 3 is 2.50 bits per heavy atom. The van der Waals surface area contributed by atoms with Gasteiger partial charge in [-0.15, -0.1) is 4.40 Å². The van der Waals surface area contributed by atoms with Crippen LogP contribution in [0.5, 0.6) is 0 Å². The van der Waals surface area contributed by atoms with Crippen molar-refractivity contribution in [3.05, 3.63) is 22.2 Å². The summed E-state index contributed by atoms with van der Waals surface area (Å²) in [5.74, 6) is 0. The fraction of sp³-hybridized carbons (Fsp3) is 0.300. The Balaban J connectivity index is 2.52. The Kier molecular flexibility index (Phi) is 3.82. The number of amidine groups is 1. The monoisotopic (exact) mass is 324 g/mol. The van der Waals surface area contributed by atoms with Crippen molar-refractivity contribution in [1.29, 1.82) is 0 Å². The summed E-state index contributed by atoms with van der Waals surface area (Å²) in [6.07, 6.45) is 0. The largest absolute Gasteiger partial charge is 0.333 e. The first-order valence-electron chi connectivity index (χ1n) is 5.07. The van der Waals surface area contributed by atoms with Crippen LogP contribution in [0.15, 0.2) is 21.4 Å². The molecular weight excluding hydrogens is 315 g/mol. The van der Waals surface area contributed by atoms with Crippen molar-refractivity contribution in [3.8, 4) is 0 Å². The smallest absolute Gasteiger partial charge is 0.286 e. The van der Waals surface area contributed by atoms with Gasteiger partial charge in [0.05, 0.1) is 15.7 Å². The summed E-state index contributed by atoms with van der Waals surface area (Å²) < 4.78 is 27.7. The minimum atomic E-state index is -3.71. The topological polar surface area (TPSA) is 58.5 Å². The first-order chi connectivity index (χ1) is 8.29. The lowest BCUT2D eigenvalue weighted by molar-refractivity contribution is 0.598. The van der Waals surface area contributed by atoms with Crippen LogP contribution in [0.25, 0.3) is 0 Å². The van der Waals surface area contributed by atoms with E-state index in [1.54, 1.807) is 0 Å². The molecule has 98 valence electrons. The second kappa shape index (κ2) is 4.92. The number of anilines is 1. The zero-order valence-electron chi connectivity index (χ0n) is 9.57. The molecule has 0 amide bonds. The molecule has 0 aromatic heterocycles. The highest BCUT2D eigenvalue weighted by molar-refractivity contribution is 8.15. The van der Waals surface area contributed by atoms with E-state index in [2.05, 4.69) is 9.71 Å². The van der Waals surface area contributed by atoms with Crippen LogP contribution in [-0.4, -0.2) is 18.8 Å². The Morgan fingerprint density at radius 2 is 1.89 bits per heavy atom. The fourth-order valence-corrected chi connectivity index (χ4v) is 3.90. The minimum Gasteiger partial charge on any atom is -0.333 e. The number of benzene rings is 1. The summed E-state index contributed by atoms with van der Waals surface area (Å²) in [5, 5.41) is 4.00. The Labute approximate surface area is 120 Å². The summed E-state index contributed by atoms with van der Waals surface area (Å²) in [6.45, 7) is 3.90. The maximum atomic E-state index is 12.0. The number of fused-ring (bicyclic) bond motifs is 1. The Hall–Kier alpha value is -0.430. The minimum absolute atomic E-state index is 0.0463. The van der Waals surface area contributed by atoms with Gasteiger partial charge in [-0.25, -0.2) is 0 Å². The summed E-state index contributed by atoms with van der Waals surface area (Å²) >= 11 is 13.0. The second-order valence-corrected chi connectivity index (χ2v) is 7.88. The third-order valence-corrected chi connectivity index (χ3v) is 5.13. The molecule has 0 unspecified atom stereocenters. The molecule has 1 aromatic rings. The third kappa shape index (κ3) is 2.77. The fourth-order valence-electron chi connectivity index (χ4n) is 1.41. The van der Waals surface area contributed by atoms with E-state index in [4.69, 9.17) is 23.2 Å². The van der Waals surface area contributed by atoms with Crippen molar-refractivity contribution in [3.63, 3.8) is 0 Å². The second-order valence-electron chi connectivity index (χ2n) is 3.93. The quantitative estimate of drug-likeness (QED) is 0.857. The van der Waals surface area contributed by atoms with Gasteiger partial charge in [-0.2, -0.15) is 8.42 Å². The highest BCUT2D eigenvalue weighted by Crippen LogP contribution is 2.36. The molecule has 0 saturated heterocycles. The van der Waals surface area contributed by atoms with E-state index in [-0.39, 0.29) is 15.2 Å². The van der Waals surface area contributed by atoms with Gasteiger partial charge in [0.15, 0.2) is 5.17 Å². The van der Waals surface area contributed by atoms with E-state index in [1.165, 1.54) is 23.9 Å². The van der Waals surface area contributed by atoms with Crippen LogP contribution in [0, 0.1) is 0 Å². The van der Waals surface area contributed by atoms with Gasteiger partial charge in [0.25, 0.3) is 10.0 Å². The molecule has 8 heteroatoms. The normalized spacial score (nSPS) is 17.1. The van der Waals surface area contributed by atoms with Crippen LogP contribution >= 0.6 is 35.0 Å². The lowest BCUT2D eigenvalue weighted by Gasteiger charge is -2.19. The molecule has 0 saturated carbocycles. The Morgan fingerprint density at radius 1 is 1.28 bits per heavy atom. The standard InChI is InChI=1S/C10H10Cl2N2O2S2/c1-5(2)17-10-13-8-3-6(11)7(12)4-9(8)18(15,16)14-10/h3-5H,1-2H3,(H,13,14). The van der Waals surface area contributed by atoms with Crippen LogP contribution in [0.3, 0.4) is 0 Å². The number of rotatable bonds is 1. The summed E-state index contributed by atoms with van der Waals surface area (Å²) in [5.41, 5.74) is 0.405. The van der Waals surface area contributed by atoms with E-state index >= 15 is 0 Å². The number of sulfonamides is 1. The van der Waals surface area contributed by atoms with Crippen molar-refractivity contribution >= 4 is 55.8 Å². The third-order valence-electron chi connectivity index (χ3n) is 2.09. The van der Waals surface area contributed by atoms with E-state index in [0.29, 0.717) is 15.9 Å². The van der Waals surface area contributed by atoms with Crippen LogP contribution in [-0.2, 0) is 10.0 Å². The number of halogens is 2. The average Bonchev–Trinajstić information content (AvgIpc) is 2.19. The van der Waals surface area contributed by atoms with Gasteiger partial charge < -0.3 is 5.32 Å². The SMILES string of the molecule is CC(C)SC1=NS(=O)(=O)c2cc(Cl)c(Cl)cc2N1. The van der Waals surface area contributed by atoms with Gasteiger partial charge in [-0.1, -0.05) is 48.8 Å². The van der Waals surface area contributed by atoms with Crippen LogP contribution in [0.4, 0.5) is 5.69 Å². The van der Waals surface area contributed by atoms with Crippen molar-refractivity contribution in [2.24, 2.45) is 4.40 Å². The molecule has 1 heterocycles. The molecule has 1 N–H and O–H groups in total. The first-order valence-corrected chi connectivity index (χ1v) is 8.15. The van der Waals surface area contributed by atoms with Crippen molar-refractivity contribution < 1.29 is 8.42 Å². The molecule has 2 rings (SSSR count). The molecule has 0 radical (unpaired) electrons. The van der Waals surface area contributed by atoms with Gasteiger partial charge in [0.1, 0.15) is 4.90 Å². The first kappa shape index (κ1) is 14.0. The maximum absolute atomic E-state index is 12.0. The summed E-state index contributed by atoms with van der Waals surface area (Å²) in [7, 11) is -3.71. The van der Waals surface area contributed by atoms with E-state index in [1.807, 2.05) is 13.8 Å². The van der Waals surface area contributed by atoms with Crippen molar-refractivity contribution in [2.45, 2.75) is 24.0 Å². The maximum Gasteiger partial charge on any atom is 0.286 e. The van der Waals surface area contributed by atoms with Crippen LogP contribution < -0.4 is 5.32 Å². The zero-order valence-corrected chi connectivity index (χ0v) is 12.7. The van der Waals surface area contributed by atoms with Crippen LogP contribution in [0.1, 0.15) is 13.8 Å². The molecule has 1 aliphatic rings. The summed E-state index contributed by atoms with van der Waals surface area (Å²) in [6, 6.07) is 2.80. The molecule has 0 bridgehead atoms. The van der Waals surface area contributed by atoms with E-state index in [0.717, 1.165) is 0 Å². The van der Waals surface area contributed by atoms with Gasteiger partial charge in [0, 0.05) is 5.25 Å². The predicted octanol–water partition coefficient (Wildman–Crippen LogP) is 3.61. The number of hydrogen-bond acceptors (Lipinski definition) is 4. The predicted molar refractivity (Wildman–Crippen MR) is 77.4 cm³/mol. The van der Waals surface area contributed by atoms with Crippen molar-refractivity contribution in [2.75, 3.05) is 5.32 Å². The van der Waals surface area contributed by atoms with E-state index < -0.39 is 10.0 Å². The highest BCUT2D eigenvalue weighted by Gasteiger charge is 2.26. The molecule has 0 atom stereocenters.